The Kier molecular flexibility index (Phi) is 3.66. The molecule has 1 rings (SSSR count). The molecule has 13 heavy (non-hydrogen) atoms. The summed E-state index contributed by atoms with van der Waals surface area (Å²) >= 11 is 1.31. The van der Waals surface area contributed by atoms with Crippen molar-refractivity contribution < 1.29 is 4.79 Å². The summed E-state index contributed by atoms with van der Waals surface area (Å²) in [5, 5.41) is 0.445. The lowest BCUT2D eigenvalue weighted by atomic mass is 10.5. The highest BCUT2D eigenvalue weighted by atomic mass is 32.2. The van der Waals surface area contributed by atoms with Gasteiger partial charge in [0.25, 0.3) is 0 Å². The first-order valence-electron chi connectivity index (χ1n) is 3.67. The van der Waals surface area contributed by atoms with Crippen molar-refractivity contribution in [3.05, 3.63) is 18.6 Å². The predicted octanol–water partition coefficient (Wildman–Crippen LogP) is -0.0529. The van der Waals surface area contributed by atoms with Crippen molar-refractivity contribution in [1.29, 1.82) is 0 Å². The standard InChI is InChI=1S/C7H10N4OS/c1-5(7(12)11-8)13-6-4-9-2-3-10-6/h2-5H,8H2,1H3,(H,11,12). The Labute approximate surface area is 80.1 Å². The molecule has 0 aromatic carbocycles. The number of nitrogens with two attached hydrogens (primary N) is 1. The van der Waals surface area contributed by atoms with E-state index in [1.54, 1.807) is 25.5 Å². The van der Waals surface area contributed by atoms with Gasteiger partial charge < -0.3 is 0 Å². The summed E-state index contributed by atoms with van der Waals surface area (Å²) in [6.07, 6.45) is 4.76. The Hall–Kier alpha value is -1.14. The third-order valence-electron chi connectivity index (χ3n) is 1.35. The molecule has 0 aliphatic rings. The zero-order valence-electron chi connectivity index (χ0n) is 7.10. The molecule has 0 bridgehead atoms. The number of rotatable bonds is 3. The van der Waals surface area contributed by atoms with E-state index in [-0.39, 0.29) is 11.2 Å². The fourth-order valence-electron chi connectivity index (χ4n) is 0.698. The molecule has 70 valence electrons. The number of hydrogen-bond donors (Lipinski definition) is 2. The summed E-state index contributed by atoms with van der Waals surface area (Å²) in [5.41, 5.74) is 2.08. The number of hydrogen-bond acceptors (Lipinski definition) is 5. The quantitative estimate of drug-likeness (QED) is 0.308. The van der Waals surface area contributed by atoms with E-state index in [4.69, 9.17) is 5.84 Å². The monoisotopic (exact) mass is 198 g/mol. The second kappa shape index (κ2) is 4.78. The molecule has 3 N–H and O–H groups in total. The highest BCUT2D eigenvalue weighted by molar-refractivity contribution is 8.00. The van der Waals surface area contributed by atoms with Crippen molar-refractivity contribution in [3.8, 4) is 0 Å². The van der Waals surface area contributed by atoms with Crippen LogP contribution in [-0.2, 0) is 4.79 Å². The average Bonchev–Trinajstić information content (AvgIpc) is 2.18. The maximum Gasteiger partial charge on any atom is 0.247 e. The van der Waals surface area contributed by atoms with Crippen LogP contribution in [0.4, 0.5) is 0 Å². The molecular weight excluding hydrogens is 188 g/mol. The van der Waals surface area contributed by atoms with E-state index in [1.165, 1.54) is 11.8 Å². The van der Waals surface area contributed by atoms with Gasteiger partial charge in [-0.2, -0.15) is 0 Å². The molecule has 6 heteroatoms. The van der Waals surface area contributed by atoms with Gasteiger partial charge in [0, 0.05) is 12.4 Å². The molecule has 1 unspecified atom stereocenters. The van der Waals surface area contributed by atoms with Crippen LogP contribution in [0.5, 0.6) is 0 Å². The molecule has 0 radical (unpaired) electrons. The van der Waals surface area contributed by atoms with Crippen LogP contribution < -0.4 is 11.3 Å². The van der Waals surface area contributed by atoms with Gasteiger partial charge >= 0.3 is 0 Å². The molecule has 1 atom stereocenters. The molecule has 0 fully saturated rings. The molecule has 0 spiro atoms. The van der Waals surface area contributed by atoms with Crippen molar-refractivity contribution in [2.24, 2.45) is 5.84 Å². The van der Waals surface area contributed by atoms with Gasteiger partial charge in [-0.1, -0.05) is 11.8 Å². The van der Waals surface area contributed by atoms with Gasteiger partial charge in [-0.25, -0.2) is 10.8 Å². The molecule has 1 aromatic rings. The van der Waals surface area contributed by atoms with E-state index in [2.05, 4.69) is 15.4 Å². The summed E-state index contributed by atoms with van der Waals surface area (Å²) in [7, 11) is 0. The van der Waals surface area contributed by atoms with Gasteiger partial charge in [-0.15, -0.1) is 0 Å². The van der Waals surface area contributed by atoms with Crippen LogP contribution in [0.2, 0.25) is 0 Å². The van der Waals surface area contributed by atoms with Crippen LogP contribution in [0.1, 0.15) is 6.92 Å². The number of thioether (sulfide) groups is 1. The fraction of sp³-hybridized carbons (Fsp3) is 0.286. The lowest BCUT2D eigenvalue weighted by Crippen LogP contribution is -2.36. The first kappa shape index (κ1) is 9.94. The molecule has 0 saturated carbocycles. The summed E-state index contributed by atoms with van der Waals surface area (Å²) in [6, 6.07) is 0. The minimum atomic E-state index is -0.262. The Morgan fingerprint density at radius 2 is 2.46 bits per heavy atom. The second-order valence-corrected chi connectivity index (χ2v) is 3.67. The van der Waals surface area contributed by atoms with Gasteiger partial charge in [-0.3, -0.25) is 15.2 Å². The summed E-state index contributed by atoms with van der Waals surface area (Å²) in [5.74, 6) is 4.75. The van der Waals surface area contributed by atoms with Gasteiger partial charge in [0.1, 0.15) is 5.03 Å². The zero-order chi connectivity index (χ0) is 9.68. The van der Waals surface area contributed by atoms with Crippen molar-refractivity contribution in [3.63, 3.8) is 0 Å². The molecule has 1 heterocycles. The van der Waals surface area contributed by atoms with Crippen LogP contribution >= 0.6 is 11.8 Å². The number of carbonyl (C=O) groups is 1. The van der Waals surface area contributed by atoms with Crippen LogP contribution in [-0.4, -0.2) is 21.1 Å². The number of amides is 1. The van der Waals surface area contributed by atoms with Crippen molar-refractivity contribution in [2.45, 2.75) is 17.2 Å². The SMILES string of the molecule is CC(Sc1cnccn1)C(=O)NN. The lowest BCUT2D eigenvalue weighted by molar-refractivity contribution is -0.120. The van der Waals surface area contributed by atoms with Crippen molar-refractivity contribution in [2.75, 3.05) is 0 Å². The predicted molar refractivity (Wildman–Crippen MR) is 49.7 cm³/mol. The highest BCUT2D eigenvalue weighted by Gasteiger charge is 2.12. The maximum atomic E-state index is 11.0. The number of hydrazine groups is 1. The molecular formula is C7H10N4OS. The zero-order valence-corrected chi connectivity index (χ0v) is 7.91. The third-order valence-corrected chi connectivity index (χ3v) is 2.37. The summed E-state index contributed by atoms with van der Waals surface area (Å²) < 4.78 is 0. The molecule has 0 aliphatic heterocycles. The van der Waals surface area contributed by atoms with E-state index in [0.717, 1.165) is 0 Å². The Morgan fingerprint density at radius 1 is 1.69 bits per heavy atom. The summed E-state index contributed by atoms with van der Waals surface area (Å²) in [4.78, 5) is 18.9. The van der Waals surface area contributed by atoms with Gasteiger partial charge in [0.05, 0.1) is 11.4 Å². The number of carbonyl (C=O) groups excluding carboxylic acids is 1. The Balaban J connectivity index is 2.55. The van der Waals surface area contributed by atoms with Crippen molar-refractivity contribution in [1.82, 2.24) is 15.4 Å². The molecule has 0 aliphatic carbocycles. The minimum Gasteiger partial charge on any atom is -0.293 e. The van der Waals surface area contributed by atoms with Crippen LogP contribution in [0.25, 0.3) is 0 Å². The van der Waals surface area contributed by atoms with Gasteiger partial charge in [-0.05, 0) is 6.92 Å². The first-order chi connectivity index (χ1) is 6.24. The van der Waals surface area contributed by atoms with E-state index in [9.17, 15) is 4.79 Å². The van der Waals surface area contributed by atoms with Crippen LogP contribution in [0.15, 0.2) is 23.6 Å². The normalized spacial score (nSPS) is 12.2. The lowest BCUT2D eigenvalue weighted by Gasteiger charge is -2.07. The van der Waals surface area contributed by atoms with Crippen molar-refractivity contribution >= 4 is 17.7 Å². The van der Waals surface area contributed by atoms with Crippen LogP contribution in [0.3, 0.4) is 0 Å². The number of nitrogens with zero attached hydrogens (tertiary/aromatic N) is 2. The minimum absolute atomic E-state index is 0.226. The molecule has 1 aromatic heterocycles. The van der Waals surface area contributed by atoms with E-state index in [1.807, 2.05) is 0 Å². The fourth-order valence-corrected chi connectivity index (χ4v) is 1.48. The Morgan fingerprint density at radius 3 is 3.00 bits per heavy atom. The van der Waals surface area contributed by atoms with Gasteiger partial charge in [0.15, 0.2) is 0 Å². The van der Waals surface area contributed by atoms with E-state index >= 15 is 0 Å². The van der Waals surface area contributed by atoms with E-state index in [0.29, 0.717) is 5.03 Å². The second-order valence-electron chi connectivity index (χ2n) is 2.31. The highest BCUT2D eigenvalue weighted by Crippen LogP contribution is 2.19. The third kappa shape index (κ3) is 3.00. The van der Waals surface area contributed by atoms with Gasteiger partial charge in [0.2, 0.25) is 5.91 Å². The molecule has 0 saturated heterocycles. The topological polar surface area (TPSA) is 80.9 Å². The summed E-state index contributed by atoms with van der Waals surface area (Å²) in [6.45, 7) is 1.75. The molecule has 5 nitrogen and oxygen atoms in total. The number of aromatic nitrogens is 2. The maximum absolute atomic E-state index is 11.0. The van der Waals surface area contributed by atoms with Crippen LogP contribution in [0, 0.1) is 0 Å². The molecule has 1 amide bonds. The van der Waals surface area contributed by atoms with E-state index < -0.39 is 0 Å². The largest absolute Gasteiger partial charge is 0.293 e. The smallest absolute Gasteiger partial charge is 0.247 e. The Bertz CT molecular complexity index is 279. The number of nitrogens with one attached hydrogen (secondary N) is 1. The average molecular weight is 198 g/mol. The first-order valence-corrected chi connectivity index (χ1v) is 4.55.